The third kappa shape index (κ3) is 5.34. The van der Waals surface area contributed by atoms with E-state index in [1.807, 2.05) is 49.4 Å². The van der Waals surface area contributed by atoms with Crippen molar-refractivity contribution in [3.63, 3.8) is 0 Å². The van der Waals surface area contributed by atoms with E-state index in [0.29, 0.717) is 18.0 Å². The van der Waals surface area contributed by atoms with Crippen LogP contribution in [0.5, 0.6) is 5.75 Å². The van der Waals surface area contributed by atoms with Crippen molar-refractivity contribution in [3.8, 4) is 5.75 Å². The number of hydrogen-bond acceptors (Lipinski definition) is 5. The average Bonchev–Trinajstić information content (AvgIpc) is 2.81. The number of benzodiazepines with no additional fused rings is 1. The number of halogens is 1. The lowest BCUT2D eigenvalue weighted by Crippen LogP contribution is -2.39. The van der Waals surface area contributed by atoms with Crippen molar-refractivity contribution in [2.45, 2.75) is 45.8 Å². The summed E-state index contributed by atoms with van der Waals surface area (Å²) in [6, 6.07) is 12.4. The van der Waals surface area contributed by atoms with Gasteiger partial charge in [-0.25, -0.2) is 0 Å². The molecule has 31 heavy (non-hydrogen) atoms. The van der Waals surface area contributed by atoms with E-state index in [9.17, 15) is 9.59 Å². The number of benzene rings is 2. The molecule has 0 unspecified atom stereocenters. The fourth-order valence-electron chi connectivity index (χ4n) is 3.51. The maximum Gasteiger partial charge on any atom is 0.309 e. The van der Waals surface area contributed by atoms with E-state index < -0.39 is 17.6 Å². The van der Waals surface area contributed by atoms with Gasteiger partial charge in [-0.3, -0.25) is 14.6 Å². The summed E-state index contributed by atoms with van der Waals surface area (Å²) in [4.78, 5) is 32.4. The predicted molar refractivity (Wildman–Crippen MR) is 125 cm³/mol. The van der Waals surface area contributed by atoms with E-state index in [-0.39, 0.29) is 12.3 Å². The SMILES string of the molecule is CCN1C(=O)[C@H](CC(=O)OC(C)(C)C)N=C(c2cccc(OC)c2)c2cc(Br)ccc21. The Morgan fingerprint density at radius 1 is 1.19 bits per heavy atom. The first kappa shape index (κ1) is 23.0. The zero-order valence-electron chi connectivity index (χ0n) is 18.4. The Morgan fingerprint density at radius 3 is 2.58 bits per heavy atom. The van der Waals surface area contributed by atoms with Gasteiger partial charge in [0.05, 0.1) is 24.9 Å². The van der Waals surface area contributed by atoms with Crippen LogP contribution in [0.2, 0.25) is 0 Å². The third-order valence-electron chi connectivity index (χ3n) is 4.78. The molecule has 6 nitrogen and oxygen atoms in total. The predicted octanol–water partition coefficient (Wildman–Crippen LogP) is 4.76. The Bertz CT molecular complexity index is 1030. The number of carbonyl (C=O) groups is 2. The number of rotatable bonds is 5. The van der Waals surface area contributed by atoms with Gasteiger partial charge in [0.1, 0.15) is 17.4 Å². The van der Waals surface area contributed by atoms with Crippen LogP contribution < -0.4 is 9.64 Å². The zero-order valence-corrected chi connectivity index (χ0v) is 20.0. The summed E-state index contributed by atoms with van der Waals surface area (Å²) in [6.07, 6.45) is -0.130. The third-order valence-corrected chi connectivity index (χ3v) is 5.27. The molecule has 1 amide bonds. The number of methoxy groups -OCH3 is 1. The molecule has 2 aromatic carbocycles. The van der Waals surface area contributed by atoms with Gasteiger partial charge in [-0.2, -0.15) is 0 Å². The minimum Gasteiger partial charge on any atom is -0.497 e. The van der Waals surface area contributed by atoms with Gasteiger partial charge in [0.2, 0.25) is 0 Å². The second-order valence-electron chi connectivity index (χ2n) is 8.26. The molecule has 164 valence electrons. The summed E-state index contributed by atoms with van der Waals surface area (Å²) in [7, 11) is 1.60. The molecule has 2 aromatic rings. The normalized spacial score (nSPS) is 16.3. The van der Waals surface area contributed by atoms with Crippen LogP contribution in [0.3, 0.4) is 0 Å². The molecular weight excluding hydrogens is 460 g/mol. The number of likely N-dealkylation sites (N-methyl/N-ethyl adjacent to an activating group) is 1. The van der Waals surface area contributed by atoms with Gasteiger partial charge < -0.3 is 14.4 Å². The minimum absolute atomic E-state index is 0.130. The number of nitrogens with zero attached hydrogens (tertiary/aromatic N) is 2. The Kier molecular flexibility index (Phi) is 6.84. The standard InChI is InChI=1S/C24H27BrN2O4/c1-6-27-20-11-10-16(25)13-18(20)22(15-8-7-9-17(12-15)30-5)26-19(23(27)29)14-21(28)31-24(2,3)4/h7-13,19H,6,14H2,1-5H3/t19-/m0/s1. The van der Waals surface area contributed by atoms with Crippen LogP contribution in [-0.2, 0) is 14.3 Å². The van der Waals surface area contributed by atoms with Crippen LogP contribution in [0.1, 0.15) is 45.2 Å². The van der Waals surface area contributed by atoms with Crippen molar-refractivity contribution in [1.29, 1.82) is 0 Å². The smallest absolute Gasteiger partial charge is 0.309 e. The Labute approximate surface area is 191 Å². The molecular formula is C24H27BrN2O4. The molecule has 0 aliphatic carbocycles. The fourth-order valence-corrected chi connectivity index (χ4v) is 3.87. The number of amides is 1. The number of hydrogen-bond donors (Lipinski definition) is 0. The number of fused-ring (bicyclic) bond motifs is 1. The van der Waals surface area contributed by atoms with Gasteiger partial charge in [0, 0.05) is 22.1 Å². The molecule has 1 aliphatic rings. The molecule has 0 radical (unpaired) electrons. The van der Waals surface area contributed by atoms with E-state index in [2.05, 4.69) is 15.9 Å². The highest BCUT2D eigenvalue weighted by Crippen LogP contribution is 2.32. The summed E-state index contributed by atoms with van der Waals surface area (Å²) in [5.41, 5.74) is 2.36. The summed E-state index contributed by atoms with van der Waals surface area (Å²) < 4.78 is 11.7. The van der Waals surface area contributed by atoms with E-state index in [4.69, 9.17) is 14.5 Å². The van der Waals surface area contributed by atoms with Crippen molar-refractivity contribution in [2.24, 2.45) is 4.99 Å². The number of aliphatic imine (C=N–C) groups is 1. The van der Waals surface area contributed by atoms with Gasteiger partial charge in [-0.05, 0) is 58.0 Å². The maximum atomic E-state index is 13.4. The highest BCUT2D eigenvalue weighted by Gasteiger charge is 2.34. The molecule has 3 rings (SSSR count). The van der Waals surface area contributed by atoms with Crippen molar-refractivity contribution >= 4 is 39.2 Å². The second-order valence-corrected chi connectivity index (χ2v) is 9.18. The fraction of sp³-hybridized carbons (Fsp3) is 0.375. The molecule has 0 saturated heterocycles. The van der Waals surface area contributed by atoms with Gasteiger partial charge >= 0.3 is 5.97 Å². The average molecular weight is 487 g/mol. The van der Waals surface area contributed by atoms with Crippen molar-refractivity contribution in [2.75, 3.05) is 18.6 Å². The molecule has 1 heterocycles. The first-order valence-corrected chi connectivity index (χ1v) is 11.0. The maximum absolute atomic E-state index is 13.4. The lowest BCUT2D eigenvalue weighted by Gasteiger charge is -2.24. The zero-order chi connectivity index (χ0) is 22.8. The molecule has 0 bridgehead atoms. The molecule has 0 spiro atoms. The van der Waals surface area contributed by atoms with Crippen LogP contribution in [-0.4, -0.2) is 42.9 Å². The van der Waals surface area contributed by atoms with E-state index in [1.165, 1.54) is 0 Å². The Morgan fingerprint density at radius 2 is 1.94 bits per heavy atom. The molecule has 1 aliphatic heterocycles. The number of ether oxygens (including phenoxy) is 2. The van der Waals surface area contributed by atoms with E-state index in [0.717, 1.165) is 21.3 Å². The Hall–Kier alpha value is -2.67. The van der Waals surface area contributed by atoms with Crippen LogP contribution >= 0.6 is 15.9 Å². The topological polar surface area (TPSA) is 68.2 Å². The largest absolute Gasteiger partial charge is 0.497 e. The number of carbonyl (C=O) groups excluding carboxylic acids is 2. The molecule has 0 aromatic heterocycles. The van der Waals surface area contributed by atoms with E-state index >= 15 is 0 Å². The summed E-state index contributed by atoms with van der Waals surface area (Å²) in [5, 5.41) is 0. The van der Waals surface area contributed by atoms with Gasteiger partial charge in [0.25, 0.3) is 5.91 Å². The lowest BCUT2D eigenvalue weighted by molar-refractivity contribution is -0.156. The first-order chi connectivity index (χ1) is 14.6. The second kappa shape index (κ2) is 9.22. The molecule has 7 heteroatoms. The van der Waals surface area contributed by atoms with Crippen LogP contribution in [0.4, 0.5) is 5.69 Å². The van der Waals surface area contributed by atoms with Gasteiger partial charge in [-0.15, -0.1) is 0 Å². The molecule has 0 saturated carbocycles. The van der Waals surface area contributed by atoms with Crippen molar-refractivity contribution in [1.82, 2.24) is 0 Å². The highest BCUT2D eigenvalue weighted by molar-refractivity contribution is 9.10. The summed E-state index contributed by atoms with van der Waals surface area (Å²) >= 11 is 3.53. The summed E-state index contributed by atoms with van der Waals surface area (Å²) in [5.74, 6) is 0.000898. The summed E-state index contributed by atoms with van der Waals surface area (Å²) in [6.45, 7) is 7.77. The van der Waals surface area contributed by atoms with Crippen molar-refractivity contribution in [3.05, 3.63) is 58.1 Å². The van der Waals surface area contributed by atoms with Crippen LogP contribution in [0.25, 0.3) is 0 Å². The lowest BCUT2D eigenvalue weighted by atomic mass is 10.00. The number of anilines is 1. The van der Waals surface area contributed by atoms with Gasteiger partial charge in [-0.1, -0.05) is 28.1 Å². The monoisotopic (exact) mass is 486 g/mol. The minimum atomic E-state index is -0.887. The Balaban J connectivity index is 2.15. The first-order valence-electron chi connectivity index (χ1n) is 10.2. The van der Waals surface area contributed by atoms with E-state index in [1.54, 1.807) is 32.8 Å². The molecule has 0 N–H and O–H groups in total. The van der Waals surface area contributed by atoms with Crippen LogP contribution in [0, 0.1) is 0 Å². The number of esters is 1. The molecule has 1 atom stereocenters. The van der Waals surface area contributed by atoms with Crippen LogP contribution in [0.15, 0.2) is 51.9 Å². The van der Waals surface area contributed by atoms with Crippen molar-refractivity contribution < 1.29 is 19.1 Å². The molecule has 0 fully saturated rings. The highest BCUT2D eigenvalue weighted by atomic mass is 79.9. The quantitative estimate of drug-likeness (QED) is 0.571. The van der Waals surface area contributed by atoms with Gasteiger partial charge in [0.15, 0.2) is 0 Å².